The van der Waals surface area contributed by atoms with Crippen LogP contribution in [0.2, 0.25) is 0 Å². The first kappa shape index (κ1) is 35.4. The van der Waals surface area contributed by atoms with Gasteiger partial charge < -0.3 is 49.6 Å². The number of hydrogen-bond acceptors (Lipinski definition) is 10. The Bertz CT molecular complexity index is 1100. The molecule has 4 fully saturated rings. The van der Waals surface area contributed by atoms with Crippen molar-refractivity contribution in [1.29, 1.82) is 0 Å². The van der Waals surface area contributed by atoms with Gasteiger partial charge in [0.05, 0.1) is 36.6 Å². The van der Waals surface area contributed by atoms with E-state index in [1.165, 1.54) is 14.2 Å². The van der Waals surface area contributed by atoms with Gasteiger partial charge in [-0.3, -0.25) is 0 Å². The van der Waals surface area contributed by atoms with Crippen molar-refractivity contribution >= 4 is 0 Å². The first-order valence-corrected chi connectivity index (χ1v) is 17.0. The van der Waals surface area contributed by atoms with Gasteiger partial charge in [-0.2, -0.15) is 0 Å². The van der Waals surface area contributed by atoms with Crippen LogP contribution in [0.3, 0.4) is 0 Å². The zero-order valence-corrected chi connectivity index (χ0v) is 28.1. The molecule has 1 saturated heterocycles. The van der Waals surface area contributed by atoms with Crippen LogP contribution in [0.5, 0.6) is 0 Å². The fraction of sp³-hybridized carbons (Fsp3) is 0.886. The standard InChI is InChI=1S/C35H58O10/c1-18(20(3)16-36)8-9-19(2)26-27(39)28(40)31-34(26,5)13-11-25-33(4)12-10-21(14-22(33)23(37)15-35(25,31)41)45-32-30(43-7)29(42-6)24(38)17-44-32/h8-9,14,18-21,23-32,36-41H,10-13,15-17H2,1-7H3/b9-8+/t18-,19-,20-,21+,23-,24?,25?,26+,27-,28+,29?,30?,31-,32?,33+,34-,35?/m1/s1. The molecule has 6 N–H and O–H groups in total. The summed E-state index contributed by atoms with van der Waals surface area (Å²) in [6, 6.07) is 0. The summed E-state index contributed by atoms with van der Waals surface area (Å²) >= 11 is 0. The highest BCUT2D eigenvalue weighted by molar-refractivity contribution is 5.33. The molecule has 6 unspecified atom stereocenters. The van der Waals surface area contributed by atoms with Crippen molar-refractivity contribution in [2.75, 3.05) is 27.4 Å². The van der Waals surface area contributed by atoms with Crippen LogP contribution in [0.4, 0.5) is 0 Å². The fourth-order valence-electron chi connectivity index (χ4n) is 10.4. The zero-order valence-electron chi connectivity index (χ0n) is 28.1. The summed E-state index contributed by atoms with van der Waals surface area (Å²) in [6.45, 7) is 10.5. The van der Waals surface area contributed by atoms with Gasteiger partial charge in [-0.25, -0.2) is 0 Å². The summed E-state index contributed by atoms with van der Waals surface area (Å²) in [7, 11) is 3.05. The van der Waals surface area contributed by atoms with Crippen molar-refractivity contribution < 1.29 is 49.6 Å². The third kappa shape index (κ3) is 5.79. The summed E-state index contributed by atoms with van der Waals surface area (Å²) in [5.74, 6) is -0.833. The van der Waals surface area contributed by atoms with E-state index in [9.17, 15) is 30.6 Å². The van der Waals surface area contributed by atoms with Crippen molar-refractivity contribution in [3.8, 4) is 0 Å². The molecule has 5 rings (SSSR count). The number of fused-ring (bicyclic) bond motifs is 5. The summed E-state index contributed by atoms with van der Waals surface area (Å²) in [4.78, 5) is 0. The zero-order chi connectivity index (χ0) is 33.1. The highest BCUT2D eigenvalue weighted by Gasteiger charge is 2.72. The molecule has 10 nitrogen and oxygen atoms in total. The minimum atomic E-state index is -1.36. The maximum atomic E-state index is 12.7. The van der Waals surface area contributed by atoms with Crippen LogP contribution in [0.1, 0.15) is 66.7 Å². The predicted octanol–water partition coefficient (Wildman–Crippen LogP) is 2.18. The van der Waals surface area contributed by atoms with Crippen molar-refractivity contribution in [3.63, 3.8) is 0 Å². The number of methoxy groups -OCH3 is 2. The Morgan fingerprint density at radius 3 is 2.31 bits per heavy atom. The number of aliphatic hydroxyl groups is 6. The summed E-state index contributed by atoms with van der Waals surface area (Å²) < 4.78 is 23.2. The van der Waals surface area contributed by atoms with Crippen molar-refractivity contribution in [1.82, 2.24) is 0 Å². The molecule has 5 aliphatic rings. The van der Waals surface area contributed by atoms with Crippen LogP contribution in [-0.2, 0) is 18.9 Å². The molecule has 0 aromatic rings. The molecule has 1 heterocycles. The number of ether oxygens (including phenoxy) is 4. The monoisotopic (exact) mass is 638 g/mol. The van der Waals surface area contributed by atoms with Crippen LogP contribution < -0.4 is 0 Å². The molecule has 0 aromatic carbocycles. The average Bonchev–Trinajstić information content (AvgIpc) is 3.21. The van der Waals surface area contributed by atoms with Gasteiger partial charge in [0, 0.05) is 33.2 Å². The van der Waals surface area contributed by atoms with E-state index in [2.05, 4.69) is 39.8 Å². The molecule has 0 radical (unpaired) electrons. The van der Waals surface area contributed by atoms with Gasteiger partial charge in [-0.15, -0.1) is 0 Å². The largest absolute Gasteiger partial charge is 0.396 e. The van der Waals surface area contributed by atoms with Gasteiger partial charge in [0.15, 0.2) is 6.29 Å². The van der Waals surface area contributed by atoms with E-state index in [0.29, 0.717) is 19.3 Å². The lowest BCUT2D eigenvalue weighted by atomic mass is 9.43. The summed E-state index contributed by atoms with van der Waals surface area (Å²) in [5, 5.41) is 67.4. The van der Waals surface area contributed by atoms with Crippen molar-refractivity contribution in [2.45, 2.75) is 121 Å². The molecule has 0 spiro atoms. The van der Waals surface area contributed by atoms with Gasteiger partial charge in [0.1, 0.15) is 18.3 Å². The van der Waals surface area contributed by atoms with E-state index >= 15 is 0 Å². The minimum Gasteiger partial charge on any atom is -0.396 e. The molecular weight excluding hydrogens is 580 g/mol. The fourth-order valence-corrected chi connectivity index (χ4v) is 10.4. The average molecular weight is 639 g/mol. The Balaban J connectivity index is 1.38. The highest BCUT2D eigenvalue weighted by atomic mass is 16.7. The second-order valence-electron chi connectivity index (χ2n) is 15.5. The van der Waals surface area contributed by atoms with E-state index in [1.54, 1.807) is 0 Å². The number of aliphatic hydroxyl groups excluding tert-OH is 5. The van der Waals surface area contributed by atoms with Gasteiger partial charge in [0.2, 0.25) is 0 Å². The smallest absolute Gasteiger partial charge is 0.187 e. The third-order valence-electron chi connectivity index (χ3n) is 13.0. The Labute approximate surface area is 268 Å². The second kappa shape index (κ2) is 13.2. The molecule has 0 bridgehead atoms. The quantitative estimate of drug-likeness (QED) is 0.207. The summed E-state index contributed by atoms with van der Waals surface area (Å²) in [6.07, 6.45) is 2.81. The van der Waals surface area contributed by atoms with Gasteiger partial charge in [0.25, 0.3) is 0 Å². The van der Waals surface area contributed by atoms with Gasteiger partial charge in [-0.05, 0) is 71.7 Å². The van der Waals surface area contributed by atoms with E-state index in [0.717, 1.165) is 12.0 Å². The number of rotatable bonds is 9. The summed E-state index contributed by atoms with van der Waals surface area (Å²) in [5.41, 5.74) is -1.57. The third-order valence-corrected chi connectivity index (χ3v) is 13.0. The van der Waals surface area contributed by atoms with Crippen LogP contribution >= 0.6 is 0 Å². The van der Waals surface area contributed by atoms with Crippen LogP contribution in [0.15, 0.2) is 23.8 Å². The van der Waals surface area contributed by atoms with Crippen LogP contribution in [0.25, 0.3) is 0 Å². The first-order valence-electron chi connectivity index (χ1n) is 17.0. The van der Waals surface area contributed by atoms with Gasteiger partial charge in [-0.1, -0.05) is 52.8 Å². The lowest BCUT2D eigenvalue weighted by molar-refractivity contribution is -0.289. The molecule has 10 heteroatoms. The first-order chi connectivity index (χ1) is 21.2. The molecule has 17 atom stereocenters. The van der Waals surface area contributed by atoms with E-state index < -0.39 is 65.3 Å². The molecule has 258 valence electrons. The number of allylic oxidation sites excluding steroid dienone is 2. The molecule has 1 aliphatic heterocycles. The van der Waals surface area contributed by atoms with E-state index in [1.807, 2.05) is 13.0 Å². The molecule has 3 saturated carbocycles. The lowest BCUT2D eigenvalue weighted by Gasteiger charge is -2.63. The Kier molecular flexibility index (Phi) is 10.4. The Morgan fingerprint density at radius 2 is 1.67 bits per heavy atom. The Morgan fingerprint density at radius 1 is 0.978 bits per heavy atom. The molecular formula is C35H58O10. The molecule has 4 aliphatic carbocycles. The van der Waals surface area contributed by atoms with Crippen molar-refractivity contribution in [2.24, 2.45) is 46.3 Å². The van der Waals surface area contributed by atoms with E-state index in [4.69, 9.17) is 18.9 Å². The SMILES string of the molecule is COC1C(O)COC(O[C@@H]2C=C3[C@H](O)CC4(O)C(CC[C@]5(C)[C@@H]([C@H](C)/C=C/[C@@H](C)[C@H](C)CO)[C@@H](O)[C@H](O)[C@@H]45)[C@@]3(C)CC2)C1OC. The predicted molar refractivity (Wildman–Crippen MR) is 167 cm³/mol. The minimum absolute atomic E-state index is 0.0537. The maximum Gasteiger partial charge on any atom is 0.187 e. The van der Waals surface area contributed by atoms with Crippen LogP contribution in [-0.4, -0.2) is 113 Å². The van der Waals surface area contributed by atoms with E-state index in [-0.39, 0.29) is 55.3 Å². The van der Waals surface area contributed by atoms with Gasteiger partial charge >= 0.3 is 0 Å². The topological polar surface area (TPSA) is 158 Å². The molecule has 45 heavy (non-hydrogen) atoms. The molecule has 0 aromatic heterocycles. The maximum absolute atomic E-state index is 12.7. The number of hydrogen-bond donors (Lipinski definition) is 6. The molecule has 0 amide bonds. The highest BCUT2D eigenvalue weighted by Crippen LogP contribution is 2.69. The normalized spacial score (nSPS) is 50.3. The van der Waals surface area contributed by atoms with Crippen molar-refractivity contribution in [3.05, 3.63) is 23.8 Å². The van der Waals surface area contributed by atoms with Crippen LogP contribution in [0, 0.1) is 46.3 Å². The second-order valence-corrected chi connectivity index (χ2v) is 15.5. The lowest BCUT2D eigenvalue weighted by Crippen LogP contribution is -2.66. The Hall–Kier alpha value is -0.920.